The Morgan fingerprint density at radius 2 is 1.85 bits per heavy atom. The lowest BCUT2D eigenvalue weighted by atomic mass is 9.92. The van der Waals surface area contributed by atoms with E-state index < -0.39 is 11.9 Å². The lowest BCUT2D eigenvalue weighted by Crippen LogP contribution is -2.17. The van der Waals surface area contributed by atoms with Gasteiger partial charge < -0.3 is 15.1 Å². The number of benzene rings is 1. The molecule has 0 spiro atoms. The van der Waals surface area contributed by atoms with Gasteiger partial charge in [0.25, 0.3) is 0 Å². The SMILES string of the molecule is CC(=N)C(C(C)=O)c1cnc2c(-c3ccc(C(=O)O)cc3Cl)cn([C@@H](C)c3ccccn3)c2c1. The molecule has 2 N–H and O–H groups in total. The van der Waals surface area contributed by atoms with Crippen molar-refractivity contribution in [1.82, 2.24) is 14.5 Å². The number of pyridine rings is 2. The Kier molecular flexibility index (Phi) is 6.30. The highest BCUT2D eigenvalue weighted by Crippen LogP contribution is 2.37. The number of aromatic carboxylic acids is 1. The number of Topliss-reactive ketones (excluding diaryl/α,β-unsaturated/α-hetero) is 1. The van der Waals surface area contributed by atoms with Crippen LogP contribution in [0.1, 0.15) is 54.3 Å². The van der Waals surface area contributed by atoms with Gasteiger partial charge in [-0.15, -0.1) is 0 Å². The molecule has 0 saturated heterocycles. The number of rotatable bonds is 7. The fraction of sp³-hybridized carbons (Fsp3) is 0.192. The minimum atomic E-state index is -1.06. The maximum absolute atomic E-state index is 12.3. The smallest absolute Gasteiger partial charge is 0.335 e. The van der Waals surface area contributed by atoms with Gasteiger partial charge in [-0.3, -0.25) is 14.8 Å². The summed E-state index contributed by atoms with van der Waals surface area (Å²) in [6.07, 6.45) is 5.27. The minimum absolute atomic E-state index is 0.0975. The summed E-state index contributed by atoms with van der Waals surface area (Å²) in [5.74, 6) is -1.86. The van der Waals surface area contributed by atoms with E-state index >= 15 is 0 Å². The predicted molar refractivity (Wildman–Crippen MR) is 132 cm³/mol. The molecule has 172 valence electrons. The maximum atomic E-state index is 12.3. The number of hydrogen-bond acceptors (Lipinski definition) is 5. The molecule has 1 aromatic carbocycles. The number of carbonyl (C=O) groups excluding carboxylic acids is 1. The highest BCUT2D eigenvalue weighted by molar-refractivity contribution is 6.34. The van der Waals surface area contributed by atoms with Gasteiger partial charge in [-0.25, -0.2) is 4.79 Å². The number of nitrogens with one attached hydrogen (secondary N) is 1. The monoisotopic (exact) mass is 474 g/mol. The summed E-state index contributed by atoms with van der Waals surface area (Å²) in [5.41, 5.74) is 4.62. The molecule has 0 fully saturated rings. The first-order valence-electron chi connectivity index (χ1n) is 10.7. The quantitative estimate of drug-likeness (QED) is 0.330. The van der Waals surface area contributed by atoms with Crippen molar-refractivity contribution < 1.29 is 14.7 Å². The molecule has 1 unspecified atom stereocenters. The Morgan fingerprint density at radius 1 is 1.09 bits per heavy atom. The van der Waals surface area contributed by atoms with Crippen molar-refractivity contribution in [2.75, 3.05) is 0 Å². The number of ketones is 1. The first kappa shape index (κ1) is 23.3. The number of hydrogen-bond donors (Lipinski definition) is 2. The lowest BCUT2D eigenvalue weighted by Gasteiger charge is -2.16. The van der Waals surface area contributed by atoms with Crippen LogP contribution in [0.5, 0.6) is 0 Å². The average molecular weight is 475 g/mol. The average Bonchev–Trinajstić information content (AvgIpc) is 3.17. The Labute approximate surface area is 201 Å². The summed E-state index contributed by atoms with van der Waals surface area (Å²) in [6, 6.07) is 12.0. The van der Waals surface area contributed by atoms with Crippen molar-refractivity contribution in [1.29, 1.82) is 5.41 Å². The normalized spacial score (nSPS) is 12.9. The number of fused-ring (bicyclic) bond motifs is 1. The van der Waals surface area contributed by atoms with Gasteiger partial charge in [0.05, 0.1) is 34.3 Å². The van der Waals surface area contributed by atoms with E-state index in [2.05, 4.69) is 9.97 Å². The highest BCUT2D eigenvalue weighted by Gasteiger charge is 2.24. The van der Waals surface area contributed by atoms with Crippen LogP contribution >= 0.6 is 11.6 Å². The number of carbonyl (C=O) groups is 2. The number of aromatic nitrogens is 3. The van der Waals surface area contributed by atoms with Gasteiger partial charge in [0.1, 0.15) is 5.78 Å². The summed E-state index contributed by atoms with van der Waals surface area (Å²) < 4.78 is 2.02. The molecule has 0 aliphatic carbocycles. The van der Waals surface area contributed by atoms with E-state index in [1.807, 2.05) is 42.0 Å². The summed E-state index contributed by atoms with van der Waals surface area (Å²) >= 11 is 6.49. The zero-order valence-electron chi connectivity index (χ0n) is 18.9. The van der Waals surface area contributed by atoms with Crippen molar-refractivity contribution in [2.24, 2.45) is 0 Å². The van der Waals surface area contributed by atoms with Crippen LogP contribution in [0.2, 0.25) is 5.02 Å². The van der Waals surface area contributed by atoms with E-state index in [0.717, 1.165) is 16.8 Å². The largest absolute Gasteiger partial charge is 0.478 e. The van der Waals surface area contributed by atoms with E-state index in [1.165, 1.54) is 19.1 Å². The standard InChI is InChI=1S/C26H23ClN4O3/c1-14(28)24(16(3)32)18-11-23-25(30-12-18)20(19-8-7-17(26(33)34)10-21(19)27)13-31(23)15(2)22-6-4-5-9-29-22/h4-13,15,24,28H,1-3H3,(H,33,34)/t15-,24?/m0/s1. The Bertz CT molecular complexity index is 1420. The first-order chi connectivity index (χ1) is 16.2. The zero-order valence-corrected chi connectivity index (χ0v) is 19.7. The van der Waals surface area contributed by atoms with E-state index in [9.17, 15) is 14.7 Å². The molecule has 2 atom stereocenters. The van der Waals surface area contributed by atoms with Crippen molar-refractivity contribution in [3.8, 4) is 11.1 Å². The fourth-order valence-electron chi connectivity index (χ4n) is 4.24. The van der Waals surface area contributed by atoms with Crippen LogP contribution in [0.25, 0.3) is 22.2 Å². The van der Waals surface area contributed by atoms with E-state index in [-0.39, 0.29) is 23.1 Å². The molecule has 4 aromatic rings. The van der Waals surface area contributed by atoms with Crippen LogP contribution in [-0.4, -0.2) is 37.1 Å². The van der Waals surface area contributed by atoms with E-state index in [4.69, 9.17) is 17.0 Å². The highest BCUT2D eigenvalue weighted by atomic mass is 35.5. The van der Waals surface area contributed by atoms with Gasteiger partial charge in [0.15, 0.2) is 0 Å². The van der Waals surface area contributed by atoms with Crippen molar-refractivity contribution in [3.63, 3.8) is 0 Å². The van der Waals surface area contributed by atoms with Crippen molar-refractivity contribution in [3.05, 3.63) is 82.9 Å². The minimum Gasteiger partial charge on any atom is -0.478 e. The number of nitrogens with zero attached hydrogens (tertiary/aromatic N) is 3. The third-order valence-corrected chi connectivity index (χ3v) is 6.22. The third kappa shape index (κ3) is 4.22. The van der Waals surface area contributed by atoms with Gasteiger partial charge in [-0.05, 0) is 56.7 Å². The molecule has 0 saturated carbocycles. The van der Waals surface area contributed by atoms with Crippen LogP contribution < -0.4 is 0 Å². The Hall–Kier alpha value is -3.84. The second-order valence-corrected chi connectivity index (χ2v) is 8.65. The van der Waals surface area contributed by atoms with Gasteiger partial charge in [-0.2, -0.15) is 0 Å². The summed E-state index contributed by atoms with van der Waals surface area (Å²) in [7, 11) is 0. The third-order valence-electron chi connectivity index (χ3n) is 5.90. The molecule has 3 heterocycles. The molecule has 8 heteroatoms. The molecule has 0 aliphatic rings. The van der Waals surface area contributed by atoms with Crippen molar-refractivity contribution >= 4 is 40.1 Å². The van der Waals surface area contributed by atoms with Crippen LogP contribution in [0.15, 0.2) is 61.1 Å². The molecular formula is C26H23ClN4O3. The first-order valence-corrected chi connectivity index (χ1v) is 11.1. The fourth-order valence-corrected chi connectivity index (χ4v) is 4.52. The molecular weight excluding hydrogens is 452 g/mol. The molecule has 0 radical (unpaired) electrons. The number of carboxylic acids is 1. The topological polar surface area (TPSA) is 109 Å². The van der Waals surface area contributed by atoms with Crippen molar-refractivity contribution in [2.45, 2.75) is 32.7 Å². The number of halogens is 1. The maximum Gasteiger partial charge on any atom is 0.335 e. The molecule has 0 bridgehead atoms. The summed E-state index contributed by atoms with van der Waals surface area (Å²) in [4.78, 5) is 32.8. The molecule has 0 amide bonds. The van der Waals surface area contributed by atoms with Gasteiger partial charge in [0, 0.05) is 40.5 Å². The zero-order chi connectivity index (χ0) is 24.6. The van der Waals surface area contributed by atoms with E-state index in [0.29, 0.717) is 21.7 Å². The number of carboxylic acid groups (broad SMARTS) is 1. The van der Waals surface area contributed by atoms with Crippen LogP contribution in [0.3, 0.4) is 0 Å². The second-order valence-electron chi connectivity index (χ2n) is 8.24. The van der Waals surface area contributed by atoms with Crippen LogP contribution in [0, 0.1) is 5.41 Å². The van der Waals surface area contributed by atoms with Gasteiger partial charge >= 0.3 is 5.97 Å². The van der Waals surface area contributed by atoms with Gasteiger partial charge in [0.2, 0.25) is 0 Å². The molecule has 0 aliphatic heterocycles. The van der Waals surface area contributed by atoms with Gasteiger partial charge in [-0.1, -0.05) is 23.7 Å². The lowest BCUT2D eigenvalue weighted by molar-refractivity contribution is -0.117. The molecule has 3 aromatic heterocycles. The Balaban J connectivity index is 1.97. The van der Waals surface area contributed by atoms with E-state index in [1.54, 1.807) is 25.4 Å². The van der Waals surface area contributed by atoms with Crippen LogP contribution in [-0.2, 0) is 4.79 Å². The predicted octanol–water partition coefficient (Wildman–Crippen LogP) is 5.77. The molecule has 34 heavy (non-hydrogen) atoms. The summed E-state index contributed by atoms with van der Waals surface area (Å²) in [6.45, 7) is 5.09. The second kappa shape index (κ2) is 9.19. The molecule has 4 rings (SSSR count). The summed E-state index contributed by atoms with van der Waals surface area (Å²) in [5, 5.41) is 17.7. The Morgan fingerprint density at radius 3 is 2.44 bits per heavy atom. The molecule has 7 nitrogen and oxygen atoms in total. The van der Waals surface area contributed by atoms with Crippen LogP contribution in [0.4, 0.5) is 0 Å².